The highest BCUT2D eigenvalue weighted by Gasteiger charge is 2.17. The Morgan fingerprint density at radius 3 is 3.00 bits per heavy atom. The fourth-order valence-electron chi connectivity index (χ4n) is 1.97. The normalized spacial score (nSPS) is 23.7. The van der Waals surface area contributed by atoms with Gasteiger partial charge in [0.1, 0.15) is 0 Å². The number of benzene rings is 1. The molecule has 2 rings (SSSR count). The predicted octanol–water partition coefficient (Wildman–Crippen LogP) is 2.80. The Kier molecular flexibility index (Phi) is 2.56. The average Bonchev–Trinajstić information content (AvgIpc) is 2.27. The molecule has 1 aliphatic rings. The van der Waals surface area contributed by atoms with Gasteiger partial charge in [0.05, 0.1) is 0 Å². The summed E-state index contributed by atoms with van der Waals surface area (Å²) < 4.78 is 1.89. The highest BCUT2D eigenvalue weighted by molar-refractivity contribution is 6.13. The molecule has 0 radical (unpaired) electrons. The molecule has 70 valence electrons. The van der Waals surface area contributed by atoms with E-state index >= 15 is 0 Å². The Morgan fingerprint density at radius 2 is 2.15 bits per heavy atom. The van der Waals surface area contributed by atoms with Gasteiger partial charge in [-0.15, -0.1) is 0 Å². The number of rotatable bonds is 0. The molecule has 0 N–H and O–H groups in total. The summed E-state index contributed by atoms with van der Waals surface area (Å²) in [5.41, 5.74) is 2.92. The zero-order chi connectivity index (χ0) is 9.26. The quantitative estimate of drug-likeness (QED) is 0.576. The molecule has 1 nitrogen and oxygen atoms in total. The van der Waals surface area contributed by atoms with E-state index in [0.717, 1.165) is 19.5 Å². The van der Waals surface area contributed by atoms with Crippen molar-refractivity contribution in [3.8, 4) is 0 Å². The maximum Gasteiger partial charge on any atom is 0.0205 e. The van der Waals surface area contributed by atoms with Gasteiger partial charge < -0.3 is 0 Å². The Hall–Kier alpha value is -0.530. The number of halogens is 1. The fourth-order valence-corrected chi connectivity index (χ4v) is 2.26. The van der Waals surface area contributed by atoms with Gasteiger partial charge in [-0.2, -0.15) is 0 Å². The number of fused-ring (bicyclic) bond motifs is 1. The highest BCUT2D eigenvalue weighted by atomic mass is 35.5. The van der Waals surface area contributed by atoms with Crippen molar-refractivity contribution in [1.29, 1.82) is 0 Å². The first kappa shape index (κ1) is 9.04. The molecule has 0 saturated carbocycles. The van der Waals surface area contributed by atoms with Crippen molar-refractivity contribution in [2.75, 3.05) is 13.1 Å². The molecular weight excluding hydrogens is 182 g/mol. The van der Waals surface area contributed by atoms with Crippen molar-refractivity contribution < 1.29 is 0 Å². The molecule has 1 atom stereocenters. The van der Waals surface area contributed by atoms with Crippen molar-refractivity contribution in [3.05, 3.63) is 35.4 Å². The third-order valence-corrected chi connectivity index (χ3v) is 2.99. The van der Waals surface area contributed by atoms with Crippen LogP contribution in [0.2, 0.25) is 0 Å². The van der Waals surface area contributed by atoms with E-state index in [0.29, 0.717) is 5.92 Å². The Morgan fingerprint density at radius 1 is 1.38 bits per heavy atom. The van der Waals surface area contributed by atoms with Crippen LogP contribution >= 0.6 is 11.8 Å². The van der Waals surface area contributed by atoms with E-state index < -0.39 is 0 Å². The van der Waals surface area contributed by atoms with Gasteiger partial charge in [-0.25, -0.2) is 4.42 Å². The first-order valence-corrected chi connectivity index (χ1v) is 5.09. The van der Waals surface area contributed by atoms with Gasteiger partial charge in [0, 0.05) is 13.1 Å². The molecule has 0 fully saturated rings. The Labute approximate surface area is 84.4 Å². The molecule has 0 spiro atoms. The monoisotopic (exact) mass is 195 g/mol. The minimum Gasteiger partial charge on any atom is -0.219 e. The lowest BCUT2D eigenvalue weighted by Gasteiger charge is -2.14. The average molecular weight is 196 g/mol. The largest absolute Gasteiger partial charge is 0.219 e. The van der Waals surface area contributed by atoms with Crippen molar-refractivity contribution >= 4 is 11.8 Å². The molecule has 1 unspecified atom stereocenters. The topological polar surface area (TPSA) is 3.24 Å². The van der Waals surface area contributed by atoms with E-state index in [4.69, 9.17) is 11.8 Å². The van der Waals surface area contributed by atoms with Gasteiger partial charge in [-0.3, -0.25) is 0 Å². The van der Waals surface area contributed by atoms with Crippen LogP contribution in [0.5, 0.6) is 0 Å². The van der Waals surface area contributed by atoms with Crippen LogP contribution in [0, 0.1) is 0 Å². The van der Waals surface area contributed by atoms with E-state index in [9.17, 15) is 0 Å². The molecular formula is C11H14ClN. The second kappa shape index (κ2) is 3.69. The van der Waals surface area contributed by atoms with E-state index in [1.54, 1.807) is 0 Å². The molecule has 1 aliphatic heterocycles. The van der Waals surface area contributed by atoms with E-state index in [1.807, 2.05) is 4.42 Å². The zero-order valence-corrected chi connectivity index (χ0v) is 8.59. The van der Waals surface area contributed by atoms with E-state index in [-0.39, 0.29) is 0 Å². The van der Waals surface area contributed by atoms with Crippen LogP contribution in [0.15, 0.2) is 24.3 Å². The van der Waals surface area contributed by atoms with Crippen LogP contribution in [-0.4, -0.2) is 17.5 Å². The third-order valence-electron chi connectivity index (χ3n) is 2.68. The third kappa shape index (κ3) is 1.87. The first-order chi connectivity index (χ1) is 6.27. The summed E-state index contributed by atoms with van der Waals surface area (Å²) in [5.74, 6) is 0.552. The maximum atomic E-state index is 6.04. The number of nitrogens with zero attached hydrogens (tertiary/aromatic N) is 1. The minimum absolute atomic E-state index is 0.552. The maximum absolute atomic E-state index is 6.04. The number of hydrogen-bond acceptors (Lipinski definition) is 1. The molecule has 2 heteroatoms. The minimum atomic E-state index is 0.552. The summed E-state index contributed by atoms with van der Waals surface area (Å²) in [6, 6.07) is 8.65. The zero-order valence-electron chi connectivity index (χ0n) is 7.83. The van der Waals surface area contributed by atoms with Gasteiger partial charge >= 0.3 is 0 Å². The van der Waals surface area contributed by atoms with Crippen molar-refractivity contribution in [2.24, 2.45) is 0 Å². The Balaban J connectivity index is 2.35. The molecule has 1 aromatic rings. The van der Waals surface area contributed by atoms with E-state index in [2.05, 4.69) is 31.2 Å². The van der Waals surface area contributed by atoms with Crippen LogP contribution in [-0.2, 0) is 6.42 Å². The van der Waals surface area contributed by atoms with E-state index in [1.165, 1.54) is 11.1 Å². The predicted molar refractivity (Wildman–Crippen MR) is 56.0 cm³/mol. The molecule has 0 amide bonds. The second-order valence-electron chi connectivity index (χ2n) is 3.72. The van der Waals surface area contributed by atoms with Crippen molar-refractivity contribution in [2.45, 2.75) is 19.3 Å². The number of hydrogen-bond donors (Lipinski definition) is 0. The first-order valence-electron chi connectivity index (χ1n) is 4.76. The van der Waals surface area contributed by atoms with Gasteiger partial charge in [-0.05, 0) is 35.2 Å². The van der Waals surface area contributed by atoms with Crippen LogP contribution in [0.3, 0.4) is 0 Å². The second-order valence-corrected chi connectivity index (χ2v) is 4.20. The molecule has 13 heavy (non-hydrogen) atoms. The fraction of sp³-hybridized carbons (Fsp3) is 0.455. The summed E-state index contributed by atoms with van der Waals surface area (Å²) >= 11 is 6.04. The lowest BCUT2D eigenvalue weighted by molar-refractivity contribution is 0.446. The SMILES string of the molecule is CC1CN(Cl)CCc2ccccc21. The summed E-state index contributed by atoms with van der Waals surface area (Å²) in [6.07, 6.45) is 1.07. The van der Waals surface area contributed by atoms with Gasteiger partial charge in [0.25, 0.3) is 0 Å². The van der Waals surface area contributed by atoms with Crippen LogP contribution in [0.1, 0.15) is 24.0 Å². The summed E-state index contributed by atoms with van der Waals surface area (Å²) in [5, 5.41) is 0. The van der Waals surface area contributed by atoms with Crippen LogP contribution in [0.25, 0.3) is 0 Å². The molecule has 0 saturated heterocycles. The van der Waals surface area contributed by atoms with Crippen LogP contribution < -0.4 is 0 Å². The van der Waals surface area contributed by atoms with Crippen LogP contribution in [0.4, 0.5) is 0 Å². The van der Waals surface area contributed by atoms with Crippen molar-refractivity contribution in [3.63, 3.8) is 0 Å². The summed E-state index contributed by atoms with van der Waals surface area (Å²) in [7, 11) is 0. The molecule has 1 heterocycles. The summed E-state index contributed by atoms with van der Waals surface area (Å²) in [6.45, 7) is 4.15. The standard InChI is InChI=1S/C11H14ClN/c1-9-8-13(12)7-6-10-4-2-3-5-11(9)10/h2-5,9H,6-8H2,1H3. The highest BCUT2D eigenvalue weighted by Crippen LogP contribution is 2.25. The van der Waals surface area contributed by atoms with Gasteiger partial charge in [-0.1, -0.05) is 31.2 Å². The summed E-state index contributed by atoms with van der Waals surface area (Å²) in [4.78, 5) is 0. The Bertz CT molecular complexity index is 298. The van der Waals surface area contributed by atoms with Gasteiger partial charge in [0.2, 0.25) is 0 Å². The molecule has 0 aliphatic carbocycles. The lowest BCUT2D eigenvalue weighted by Crippen LogP contribution is -2.16. The van der Waals surface area contributed by atoms with Crippen molar-refractivity contribution in [1.82, 2.24) is 4.42 Å². The molecule has 1 aromatic carbocycles. The van der Waals surface area contributed by atoms with Gasteiger partial charge in [0.15, 0.2) is 0 Å². The smallest absolute Gasteiger partial charge is 0.0205 e. The molecule has 0 bridgehead atoms. The molecule has 0 aromatic heterocycles. The lowest BCUT2D eigenvalue weighted by atomic mass is 9.96.